The van der Waals surface area contributed by atoms with E-state index in [2.05, 4.69) is 11.8 Å². The molecule has 50 valence electrons. The Morgan fingerprint density at radius 3 is 2.45 bits per heavy atom. The Labute approximate surface area is 79.8 Å². The maximum Gasteiger partial charge on any atom is 1.00 e. The molecule has 0 amide bonds. The van der Waals surface area contributed by atoms with Gasteiger partial charge in [0, 0.05) is 0 Å². The zero-order chi connectivity index (χ0) is 7.23. The van der Waals surface area contributed by atoms with Crippen LogP contribution < -0.4 is 18.9 Å². The topological polar surface area (TPSA) is 0 Å². The van der Waals surface area contributed by atoms with Crippen molar-refractivity contribution < 1.29 is 18.9 Å². The van der Waals surface area contributed by atoms with Crippen molar-refractivity contribution in [1.29, 1.82) is 0 Å². The summed E-state index contributed by atoms with van der Waals surface area (Å²) >= 11 is 0. The van der Waals surface area contributed by atoms with Crippen LogP contribution in [0.25, 0.3) is 0 Å². The van der Waals surface area contributed by atoms with Crippen LogP contribution in [-0.4, -0.2) is 0 Å². The molecule has 0 radical (unpaired) electrons. The fourth-order valence-corrected chi connectivity index (χ4v) is 0.677. The van der Waals surface area contributed by atoms with Gasteiger partial charge in [0.25, 0.3) is 0 Å². The van der Waals surface area contributed by atoms with Crippen molar-refractivity contribution >= 4 is 0 Å². The standard InChI is InChI=1S/C10H9.Li/c1-2-3-7-10-8-5-4-6-9-10;/h2,4-6,8-9H,1H3;/q-1;+1. The van der Waals surface area contributed by atoms with Gasteiger partial charge in [-0.15, -0.1) is 35.9 Å². The van der Waals surface area contributed by atoms with Gasteiger partial charge in [-0.2, -0.15) is 0 Å². The van der Waals surface area contributed by atoms with Crippen molar-refractivity contribution in [3.05, 3.63) is 53.8 Å². The van der Waals surface area contributed by atoms with Crippen LogP contribution >= 0.6 is 0 Å². The number of rotatable bonds is 1. The minimum atomic E-state index is 0. The number of allylic oxidation sites excluding steroid dienone is 1. The third kappa shape index (κ3) is 3.91. The van der Waals surface area contributed by atoms with Gasteiger partial charge < -0.3 is 0 Å². The van der Waals surface area contributed by atoms with E-state index in [0.29, 0.717) is 0 Å². The summed E-state index contributed by atoms with van der Waals surface area (Å²) in [7, 11) is 0. The number of benzene rings is 1. The van der Waals surface area contributed by atoms with Crippen molar-refractivity contribution in [3.8, 4) is 0 Å². The Kier molecular flexibility index (Phi) is 5.71. The minimum absolute atomic E-state index is 0. The van der Waals surface area contributed by atoms with Crippen LogP contribution in [0.3, 0.4) is 0 Å². The van der Waals surface area contributed by atoms with Crippen LogP contribution in [0.5, 0.6) is 0 Å². The Morgan fingerprint density at radius 1 is 1.27 bits per heavy atom. The third-order valence-corrected chi connectivity index (χ3v) is 1.13. The molecule has 0 nitrogen and oxygen atoms in total. The van der Waals surface area contributed by atoms with E-state index >= 15 is 0 Å². The molecule has 1 rings (SSSR count). The predicted molar refractivity (Wildman–Crippen MR) is 42.5 cm³/mol. The van der Waals surface area contributed by atoms with Gasteiger partial charge in [0.05, 0.1) is 0 Å². The van der Waals surface area contributed by atoms with Crippen LogP contribution in [0, 0.1) is 6.08 Å². The first-order valence-electron chi connectivity index (χ1n) is 3.28. The molecule has 11 heavy (non-hydrogen) atoms. The quantitative estimate of drug-likeness (QED) is 0.279. The smallest absolute Gasteiger partial charge is 0.226 e. The Bertz CT molecular complexity index is 243. The van der Waals surface area contributed by atoms with E-state index in [9.17, 15) is 0 Å². The molecular weight excluding hydrogens is 127 g/mol. The van der Waals surface area contributed by atoms with Gasteiger partial charge in [-0.1, -0.05) is 19.1 Å². The van der Waals surface area contributed by atoms with Crippen LogP contribution in [0.15, 0.2) is 42.1 Å². The molecule has 0 aliphatic heterocycles. The second-order valence-corrected chi connectivity index (χ2v) is 1.92. The molecule has 0 bridgehead atoms. The molecule has 1 heteroatoms. The molecule has 0 spiro atoms. The largest absolute Gasteiger partial charge is 1.00 e. The fraction of sp³-hybridized carbons (Fsp3) is 0.100. The Morgan fingerprint density at radius 2 is 1.91 bits per heavy atom. The molecule has 0 atom stereocenters. The Hall–Kier alpha value is -0.663. The van der Waals surface area contributed by atoms with Crippen molar-refractivity contribution in [3.63, 3.8) is 0 Å². The summed E-state index contributed by atoms with van der Waals surface area (Å²) in [5.74, 6) is 0. The first-order chi connectivity index (χ1) is 4.93. The average molecular weight is 136 g/mol. The number of hydrogen-bond donors (Lipinski definition) is 0. The van der Waals surface area contributed by atoms with Gasteiger partial charge in [-0.3, -0.25) is 0 Å². The van der Waals surface area contributed by atoms with Crippen LogP contribution in [0.4, 0.5) is 0 Å². The summed E-state index contributed by atoms with van der Waals surface area (Å²) in [5.41, 5.74) is 3.96. The van der Waals surface area contributed by atoms with Gasteiger partial charge in [0.1, 0.15) is 0 Å². The molecule has 0 unspecified atom stereocenters. The normalized spacial score (nSPS) is 7.36. The van der Waals surface area contributed by atoms with Crippen LogP contribution in [0.1, 0.15) is 12.5 Å². The van der Waals surface area contributed by atoms with E-state index in [1.54, 1.807) is 0 Å². The molecule has 0 saturated heterocycles. The maximum absolute atomic E-state index is 2.99. The molecule has 0 saturated carbocycles. The molecule has 0 aliphatic carbocycles. The molecule has 0 fully saturated rings. The van der Waals surface area contributed by atoms with Crippen molar-refractivity contribution in [2.24, 2.45) is 0 Å². The first kappa shape index (κ1) is 10.3. The molecule has 0 aliphatic rings. The van der Waals surface area contributed by atoms with Gasteiger partial charge in [-0.05, 0) is 0 Å². The monoisotopic (exact) mass is 136 g/mol. The van der Waals surface area contributed by atoms with Gasteiger partial charge >= 0.3 is 18.9 Å². The fourth-order valence-electron chi connectivity index (χ4n) is 0.677. The second-order valence-electron chi connectivity index (χ2n) is 1.92. The van der Waals surface area contributed by atoms with E-state index in [4.69, 9.17) is 0 Å². The summed E-state index contributed by atoms with van der Waals surface area (Å²) < 4.78 is 0. The number of hydrogen-bond acceptors (Lipinski definition) is 0. The van der Waals surface area contributed by atoms with E-state index in [0.717, 1.165) is 5.56 Å². The zero-order valence-corrected chi connectivity index (χ0v) is 6.96. The summed E-state index contributed by atoms with van der Waals surface area (Å²) in [6, 6.07) is 9.95. The summed E-state index contributed by atoms with van der Waals surface area (Å²) in [6.07, 6.45) is 4.83. The molecule has 0 heterocycles. The van der Waals surface area contributed by atoms with Gasteiger partial charge in [0.15, 0.2) is 0 Å². The van der Waals surface area contributed by atoms with Gasteiger partial charge in [-0.25, -0.2) is 5.73 Å². The SMILES string of the molecule is CC=C=[C-]c1ccccc1.[Li+]. The van der Waals surface area contributed by atoms with E-state index in [-0.39, 0.29) is 18.9 Å². The van der Waals surface area contributed by atoms with E-state index in [1.807, 2.05) is 43.3 Å². The van der Waals surface area contributed by atoms with E-state index < -0.39 is 0 Å². The Balaban J connectivity index is 0.000001000. The summed E-state index contributed by atoms with van der Waals surface area (Å²) in [6.45, 7) is 1.93. The first-order valence-corrected chi connectivity index (χ1v) is 3.28. The molecule has 0 aromatic heterocycles. The van der Waals surface area contributed by atoms with Crippen molar-refractivity contribution in [2.45, 2.75) is 6.92 Å². The van der Waals surface area contributed by atoms with E-state index in [1.165, 1.54) is 0 Å². The predicted octanol–water partition coefficient (Wildman–Crippen LogP) is -0.427. The van der Waals surface area contributed by atoms with Crippen LogP contribution in [0.2, 0.25) is 0 Å². The molecule has 1 aromatic carbocycles. The zero-order valence-electron chi connectivity index (χ0n) is 6.96. The maximum atomic E-state index is 2.99. The van der Waals surface area contributed by atoms with Gasteiger partial charge in [0.2, 0.25) is 0 Å². The minimum Gasteiger partial charge on any atom is -0.226 e. The molecule has 1 aromatic rings. The second kappa shape index (κ2) is 6.07. The molecular formula is C10H9Li. The summed E-state index contributed by atoms with van der Waals surface area (Å²) in [5, 5.41) is 0. The average Bonchev–Trinajstić information content (AvgIpc) is 2.03. The summed E-state index contributed by atoms with van der Waals surface area (Å²) in [4.78, 5) is 0. The third-order valence-electron chi connectivity index (χ3n) is 1.13. The van der Waals surface area contributed by atoms with Crippen molar-refractivity contribution in [2.75, 3.05) is 0 Å². The van der Waals surface area contributed by atoms with Crippen molar-refractivity contribution in [1.82, 2.24) is 0 Å². The molecule has 0 N–H and O–H groups in total. The van der Waals surface area contributed by atoms with Crippen LogP contribution in [-0.2, 0) is 0 Å².